The zero-order chi connectivity index (χ0) is 24.2. The van der Waals surface area contributed by atoms with Gasteiger partial charge in [0.05, 0.1) is 19.9 Å². The minimum Gasteiger partial charge on any atom is -0.496 e. The van der Waals surface area contributed by atoms with Crippen LogP contribution < -0.4 is 20.2 Å². The molecule has 0 saturated heterocycles. The number of ether oxygens (including phenoxy) is 2. The molecule has 34 heavy (non-hydrogen) atoms. The fourth-order valence-corrected chi connectivity index (χ4v) is 3.28. The summed E-state index contributed by atoms with van der Waals surface area (Å²) in [5.74, 6) is 0.406. The summed E-state index contributed by atoms with van der Waals surface area (Å²) >= 11 is 3.43. The first-order valence-electron chi connectivity index (χ1n) is 10.4. The van der Waals surface area contributed by atoms with E-state index in [1.54, 1.807) is 19.3 Å². The Kier molecular flexibility index (Phi) is 9.42. The molecule has 2 amide bonds. The van der Waals surface area contributed by atoms with Crippen molar-refractivity contribution in [2.24, 2.45) is 5.10 Å². The summed E-state index contributed by atoms with van der Waals surface area (Å²) in [5, 5.41) is 6.49. The number of halogens is 1. The van der Waals surface area contributed by atoms with Crippen LogP contribution in [-0.4, -0.2) is 31.7 Å². The van der Waals surface area contributed by atoms with Crippen LogP contribution >= 0.6 is 15.9 Å². The molecule has 0 fully saturated rings. The Labute approximate surface area is 206 Å². The molecular weight excluding hydrogens is 498 g/mol. The van der Waals surface area contributed by atoms with Gasteiger partial charge in [0.15, 0.2) is 0 Å². The van der Waals surface area contributed by atoms with Crippen molar-refractivity contribution in [1.82, 2.24) is 10.7 Å². The summed E-state index contributed by atoms with van der Waals surface area (Å²) in [7, 11) is 1.56. The van der Waals surface area contributed by atoms with Gasteiger partial charge < -0.3 is 14.8 Å². The topological polar surface area (TPSA) is 89.0 Å². The first-order chi connectivity index (χ1) is 16.5. The predicted octanol–water partition coefficient (Wildman–Crippen LogP) is 4.32. The highest BCUT2D eigenvalue weighted by molar-refractivity contribution is 9.10. The summed E-state index contributed by atoms with van der Waals surface area (Å²) in [6.07, 6.45) is 4.45. The number of methoxy groups -OCH3 is 1. The summed E-state index contributed by atoms with van der Waals surface area (Å²) < 4.78 is 12.0. The van der Waals surface area contributed by atoms with Crippen molar-refractivity contribution in [1.29, 1.82) is 0 Å². The van der Waals surface area contributed by atoms with E-state index in [1.165, 1.54) is 12.3 Å². The van der Waals surface area contributed by atoms with Crippen molar-refractivity contribution >= 4 is 40.0 Å². The number of hydrogen-bond donors (Lipinski definition) is 2. The monoisotopic (exact) mass is 521 g/mol. The second kappa shape index (κ2) is 13.0. The van der Waals surface area contributed by atoms with Gasteiger partial charge in [-0.1, -0.05) is 64.5 Å². The molecule has 3 rings (SSSR count). The third-order valence-electron chi connectivity index (χ3n) is 4.58. The van der Waals surface area contributed by atoms with Crippen molar-refractivity contribution in [3.63, 3.8) is 0 Å². The third-order valence-corrected chi connectivity index (χ3v) is 5.07. The van der Waals surface area contributed by atoms with Gasteiger partial charge in [0, 0.05) is 21.7 Å². The van der Waals surface area contributed by atoms with Gasteiger partial charge in [-0.05, 0) is 35.9 Å². The number of hydrazone groups is 1. The number of rotatable bonds is 10. The molecule has 0 heterocycles. The highest BCUT2D eigenvalue weighted by Gasteiger charge is 2.06. The molecule has 0 bridgehead atoms. The number of hydrogen-bond acceptors (Lipinski definition) is 5. The number of para-hydroxylation sites is 1. The lowest BCUT2D eigenvalue weighted by Gasteiger charge is -2.09. The van der Waals surface area contributed by atoms with E-state index in [1.807, 2.05) is 66.7 Å². The Balaban J connectivity index is 1.50. The summed E-state index contributed by atoms with van der Waals surface area (Å²) in [5.41, 5.74) is 4.89. The van der Waals surface area contributed by atoms with E-state index in [4.69, 9.17) is 9.47 Å². The Morgan fingerprint density at radius 1 is 0.971 bits per heavy atom. The maximum Gasteiger partial charge on any atom is 0.259 e. The van der Waals surface area contributed by atoms with Crippen LogP contribution in [-0.2, 0) is 16.2 Å². The third kappa shape index (κ3) is 7.90. The van der Waals surface area contributed by atoms with Crippen molar-refractivity contribution in [3.05, 3.63) is 100 Å². The standard InChI is InChI=1S/C26H24BrN3O4/c1-33-23-10-6-5-9-20(23)11-14-25(31)28-17-26(32)30-29-16-21-15-22(27)12-13-24(21)34-18-19-7-3-2-4-8-19/h2-16H,17-18H2,1H3,(H,28,31)(H,30,32)/b14-11+,29-16+. The Bertz CT molecular complexity index is 1180. The van der Waals surface area contributed by atoms with E-state index >= 15 is 0 Å². The number of carbonyl (C=O) groups is 2. The molecule has 0 aliphatic heterocycles. The van der Waals surface area contributed by atoms with Crippen LogP contribution in [0.1, 0.15) is 16.7 Å². The fourth-order valence-electron chi connectivity index (χ4n) is 2.90. The Morgan fingerprint density at radius 2 is 1.74 bits per heavy atom. The van der Waals surface area contributed by atoms with E-state index in [-0.39, 0.29) is 6.54 Å². The predicted molar refractivity (Wildman–Crippen MR) is 136 cm³/mol. The van der Waals surface area contributed by atoms with E-state index in [0.29, 0.717) is 23.7 Å². The molecule has 3 aromatic carbocycles. The molecular formula is C26H24BrN3O4. The number of amides is 2. The summed E-state index contributed by atoms with van der Waals surface area (Å²) in [6, 6.07) is 22.6. The minimum atomic E-state index is -0.461. The van der Waals surface area contributed by atoms with Crippen molar-refractivity contribution in [3.8, 4) is 11.5 Å². The van der Waals surface area contributed by atoms with Gasteiger partial charge in [-0.25, -0.2) is 5.43 Å². The second-order valence-electron chi connectivity index (χ2n) is 7.04. The van der Waals surface area contributed by atoms with Crippen molar-refractivity contribution in [2.45, 2.75) is 6.61 Å². The SMILES string of the molecule is COc1ccccc1/C=C/C(=O)NCC(=O)N/N=C/c1cc(Br)ccc1OCc1ccccc1. The van der Waals surface area contributed by atoms with Gasteiger partial charge in [0.2, 0.25) is 5.91 Å². The van der Waals surface area contributed by atoms with Gasteiger partial charge >= 0.3 is 0 Å². The zero-order valence-electron chi connectivity index (χ0n) is 18.5. The largest absolute Gasteiger partial charge is 0.496 e. The molecule has 3 aromatic rings. The summed E-state index contributed by atoms with van der Waals surface area (Å²) in [4.78, 5) is 24.1. The average molecular weight is 522 g/mol. The fraction of sp³-hybridized carbons (Fsp3) is 0.115. The van der Waals surface area contributed by atoms with Gasteiger partial charge in [-0.3, -0.25) is 9.59 Å². The first-order valence-corrected chi connectivity index (χ1v) is 11.2. The molecule has 0 spiro atoms. The smallest absolute Gasteiger partial charge is 0.259 e. The Hall–Kier alpha value is -3.91. The molecule has 0 unspecified atom stereocenters. The lowest BCUT2D eigenvalue weighted by atomic mass is 10.2. The second-order valence-corrected chi connectivity index (χ2v) is 7.96. The van der Waals surface area contributed by atoms with Crippen LogP contribution in [0.3, 0.4) is 0 Å². The molecule has 0 radical (unpaired) electrons. The van der Waals surface area contributed by atoms with Crippen LogP contribution in [0, 0.1) is 0 Å². The molecule has 0 saturated carbocycles. The molecule has 174 valence electrons. The lowest BCUT2D eigenvalue weighted by molar-refractivity contribution is -0.123. The molecule has 0 atom stereocenters. The highest BCUT2D eigenvalue weighted by atomic mass is 79.9. The number of benzene rings is 3. The quantitative estimate of drug-likeness (QED) is 0.236. The maximum absolute atomic E-state index is 12.1. The average Bonchev–Trinajstić information content (AvgIpc) is 2.86. The van der Waals surface area contributed by atoms with E-state index in [2.05, 4.69) is 31.8 Å². The van der Waals surface area contributed by atoms with Crippen LogP contribution in [0.25, 0.3) is 6.08 Å². The van der Waals surface area contributed by atoms with Crippen LogP contribution in [0.5, 0.6) is 11.5 Å². The van der Waals surface area contributed by atoms with E-state index < -0.39 is 11.8 Å². The van der Waals surface area contributed by atoms with E-state index in [0.717, 1.165) is 15.6 Å². The van der Waals surface area contributed by atoms with Gasteiger partial charge in [-0.15, -0.1) is 0 Å². The Morgan fingerprint density at radius 3 is 2.53 bits per heavy atom. The zero-order valence-corrected chi connectivity index (χ0v) is 20.1. The number of carbonyl (C=O) groups excluding carboxylic acids is 2. The molecule has 0 aliphatic carbocycles. The normalized spacial score (nSPS) is 10.9. The molecule has 8 heteroatoms. The molecule has 0 aromatic heterocycles. The lowest BCUT2D eigenvalue weighted by Crippen LogP contribution is -2.34. The molecule has 2 N–H and O–H groups in total. The molecule has 7 nitrogen and oxygen atoms in total. The highest BCUT2D eigenvalue weighted by Crippen LogP contribution is 2.23. The van der Waals surface area contributed by atoms with Crippen LogP contribution in [0.15, 0.2) is 88.4 Å². The van der Waals surface area contributed by atoms with Crippen LogP contribution in [0.2, 0.25) is 0 Å². The van der Waals surface area contributed by atoms with Crippen molar-refractivity contribution in [2.75, 3.05) is 13.7 Å². The van der Waals surface area contributed by atoms with Gasteiger partial charge in [0.1, 0.15) is 18.1 Å². The van der Waals surface area contributed by atoms with Gasteiger partial charge in [-0.2, -0.15) is 5.10 Å². The number of nitrogens with one attached hydrogen (secondary N) is 2. The maximum atomic E-state index is 12.1. The van der Waals surface area contributed by atoms with Gasteiger partial charge in [0.25, 0.3) is 5.91 Å². The summed E-state index contributed by atoms with van der Waals surface area (Å²) in [6.45, 7) is 0.187. The molecule has 0 aliphatic rings. The minimum absolute atomic E-state index is 0.220. The number of nitrogens with zero attached hydrogens (tertiary/aromatic N) is 1. The van der Waals surface area contributed by atoms with E-state index in [9.17, 15) is 9.59 Å². The van der Waals surface area contributed by atoms with Crippen molar-refractivity contribution < 1.29 is 19.1 Å². The first kappa shape index (κ1) is 24.7. The van der Waals surface area contributed by atoms with Crippen LogP contribution in [0.4, 0.5) is 0 Å².